The number of nitrogens with zero attached hydrogens (tertiary/aromatic N) is 3. The first-order chi connectivity index (χ1) is 11.9. The summed E-state index contributed by atoms with van der Waals surface area (Å²) in [4.78, 5) is 21.8. The van der Waals surface area contributed by atoms with Gasteiger partial charge in [-0.25, -0.2) is 9.97 Å². The number of carbonyl (C=O) groups excluding carboxylic acids is 1. The average Bonchev–Trinajstić information content (AvgIpc) is 3.24. The quantitative estimate of drug-likeness (QED) is 0.585. The molecule has 0 bridgehead atoms. The molecule has 7 nitrogen and oxygen atoms in total. The standard InChI is InChI=1S/C17H20N6OS.2ClH/c1-17(2,3)14-13(25-9-19-14)16(24)20-11-6-4-10(5-7-11)15-21-12(8-18)22-23-15;;/h4-7,9H,8,18H2,1-3H3,(H,20,24)(H,21,22,23);2*1H. The second kappa shape index (κ2) is 9.27. The fourth-order valence-corrected chi connectivity index (χ4v) is 3.24. The van der Waals surface area contributed by atoms with E-state index in [-0.39, 0.29) is 36.1 Å². The van der Waals surface area contributed by atoms with E-state index in [9.17, 15) is 4.79 Å². The molecular formula is C17H22Cl2N6OS. The van der Waals surface area contributed by atoms with Crippen LogP contribution in [0.5, 0.6) is 0 Å². The molecule has 0 aliphatic rings. The minimum Gasteiger partial charge on any atom is -0.324 e. The van der Waals surface area contributed by atoms with Crippen molar-refractivity contribution in [2.75, 3.05) is 5.32 Å². The zero-order valence-electron chi connectivity index (χ0n) is 15.1. The lowest BCUT2D eigenvalue weighted by atomic mass is 9.91. The molecule has 0 aliphatic heterocycles. The smallest absolute Gasteiger partial charge is 0.267 e. The maximum absolute atomic E-state index is 12.6. The van der Waals surface area contributed by atoms with Crippen LogP contribution in [0.3, 0.4) is 0 Å². The molecule has 0 fully saturated rings. The van der Waals surface area contributed by atoms with Crippen LogP contribution >= 0.6 is 36.2 Å². The number of nitrogens with one attached hydrogen (secondary N) is 2. The fraction of sp³-hybridized carbons (Fsp3) is 0.294. The van der Waals surface area contributed by atoms with Gasteiger partial charge in [0, 0.05) is 16.7 Å². The number of anilines is 1. The minimum atomic E-state index is -0.178. The Morgan fingerprint density at radius 1 is 1.22 bits per heavy atom. The van der Waals surface area contributed by atoms with Gasteiger partial charge >= 0.3 is 0 Å². The molecule has 0 spiro atoms. The van der Waals surface area contributed by atoms with Crippen LogP contribution in [0.4, 0.5) is 5.69 Å². The molecule has 1 amide bonds. The van der Waals surface area contributed by atoms with Crippen LogP contribution in [0.2, 0.25) is 0 Å². The summed E-state index contributed by atoms with van der Waals surface area (Å²) in [5, 5.41) is 9.81. The summed E-state index contributed by atoms with van der Waals surface area (Å²) in [5.74, 6) is 1.06. The van der Waals surface area contributed by atoms with Crippen molar-refractivity contribution in [1.29, 1.82) is 0 Å². The number of hydrogen-bond donors (Lipinski definition) is 3. The molecule has 0 unspecified atom stereocenters. The Hall–Kier alpha value is -2.00. The number of amides is 1. The first kappa shape index (κ1) is 23.0. The number of thiazole rings is 1. The lowest BCUT2D eigenvalue weighted by Crippen LogP contribution is -2.19. The fourth-order valence-electron chi connectivity index (χ4n) is 2.35. The van der Waals surface area contributed by atoms with Gasteiger partial charge in [-0.1, -0.05) is 20.8 Å². The number of aromatic nitrogens is 4. The number of H-pyrrole nitrogens is 1. The topological polar surface area (TPSA) is 110 Å². The molecule has 0 atom stereocenters. The lowest BCUT2D eigenvalue weighted by molar-refractivity contribution is 0.102. The maximum atomic E-state index is 12.6. The van der Waals surface area contributed by atoms with Crippen molar-refractivity contribution in [3.63, 3.8) is 0 Å². The summed E-state index contributed by atoms with van der Waals surface area (Å²) in [6, 6.07) is 7.36. The largest absolute Gasteiger partial charge is 0.324 e. The zero-order chi connectivity index (χ0) is 18.0. The highest BCUT2D eigenvalue weighted by molar-refractivity contribution is 7.12. The van der Waals surface area contributed by atoms with E-state index in [4.69, 9.17) is 5.73 Å². The first-order valence-corrected chi connectivity index (χ1v) is 8.73. The molecular weight excluding hydrogens is 407 g/mol. The Balaban J connectivity index is 0.00000182. The van der Waals surface area contributed by atoms with Gasteiger partial charge in [-0.2, -0.15) is 5.10 Å². The van der Waals surface area contributed by atoms with Crippen molar-refractivity contribution in [2.24, 2.45) is 5.73 Å². The maximum Gasteiger partial charge on any atom is 0.267 e. The van der Waals surface area contributed by atoms with E-state index in [0.717, 1.165) is 11.3 Å². The third kappa shape index (κ3) is 5.26. The van der Waals surface area contributed by atoms with Crippen LogP contribution in [0, 0.1) is 0 Å². The number of carbonyl (C=O) groups is 1. The van der Waals surface area contributed by atoms with Crippen LogP contribution < -0.4 is 11.1 Å². The van der Waals surface area contributed by atoms with Crippen LogP contribution in [0.1, 0.15) is 42.0 Å². The van der Waals surface area contributed by atoms with Crippen molar-refractivity contribution in [2.45, 2.75) is 32.7 Å². The molecule has 146 valence electrons. The van der Waals surface area contributed by atoms with Crippen molar-refractivity contribution in [3.05, 3.63) is 46.2 Å². The summed E-state index contributed by atoms with van der Waals surface area (Å²) >= 11 is 1.35. The van der Waals surface area contributed by atoms with Gasteiger partial charge in [-0.3, -0.25) is 9.89 Å². The number of aromatic amines is 1. The second-order valence-electron chi connectivity index (χ2n) is 6.62. The summed E-state index contributed by atoms with van der Waals surface area (Å²) in [6.07, 6.45) is 0. The molecule has 4 N–H and O–H groups in total. The van der Waals surface area contributed by atoms with Crippen molar-refractivity contribution < 1.29 is 4.79 Å². The average molecular weight is 429 g/mol. The molecule has 27 heavy (non-hydrogen) atoms. The Morgan fingerprint density at radius 3 is 2.44 bits per heavy atom. The highest BCUT2D eigenvalue weighted by Crippen LogP contribution is 2.28. The van der Waals surface area contributed by atoms with Gasteiger partial charge in [-0.15, -0.1) is 36.2 Å². The van der Waals surface area contributed by atoms with Crippen LogP contribution in [-0.4, -0.2) is 26.1 Å². The van der Waals surface area contributed by atoms with Crippen molar-refractivity contribution >= 4 is 47.7 Å². The molecule has 10 heteroatoms. The van der Waals surface area contributed by atoms with E-state index in [1.54, 1.807) is 5.51 Å². The molecule has 0 saturated heterocycles. The van der Waals surface area contributed by atoms with E-state index in [0.29, 0.717) is 28.8 Å². The first-order valence-electron chi connectivity index (χ1n) is 7.85. The number of halogens is 2. The molecule has 0 radical (unpaired) electrons. The highest BCUT2D eigenvalue weighted by Gasteiger charge is 2.25. The highest BCUT2D eigenvalue weighted by atomic mass is 35.5. The SMILES string of the molecule is CC(C)(C)c1ncsc1C(=O)Nc1ccc(-c2n[nH]c(CN)n2)cc1.Cl.Cl. The third-order valence-electron chi connectivity index (χ3n) is 3.61. The van der Waals surface area contributed by atoms with Crippen molar-refractivity contribution in [1.82, 2.24) is 20.2 Å². The molecule has 2 aromatic heterocycles. The van der Waals surface area contributed by atoms with Gasteiger partial charge in [0.05, 0.1) is 17.7 Å². The summed E-state index contributed by atoms with van der Waals surface area (Å²) in [5.41, 5.74) is 9.41. The summed E-state index contributed by atoms with van der Waals surface area (Å²) < 4.78 is 0. The number of hydrogen-bond acceptors (Lipinski definition) is 6. The normalized spacial score (nSPS) is 10.7. The molecule has 3 rings (SSSR count). The Bertz CT molecular complexity index is 885. The molecule has 2 heterocycles. The minimum absolute atomic E-state index is 0. The van der Waals surface area contributed by atoms with Gasteiger partial charge in [0.2, 0.25) is 0 Å². The van der Waals surface area contributed by atoms with Gasteiger partial charge in [0.1, 0.15) is 10.7 Å². The Labute approximate surface area is 174 Å². The Kier molecular flexibility index (Phi) is 7.91. The van der Waals surface area contributed by atoms with Crippen molar-refractivity contribution in [3.8, 4) is 11.4 Å². The molecule has 3 aromatic rings. The number of nitrogens with two attached hydrogens (primary N) is 1. The van der Waals surface area contributed by atoms with E-state index in [2.05, 4.69) is 25.5 Å². The number of benzene rings is 1. The van der Waals surface area contributed by atoms with Crippen LogP contribution in [0.15, 0.2) is 29.8 Å². The molecule has 0 saturated carbocycles. The summed E-state index contributed by atoms with van der Waals surface area (Å²) in [7, 11) is 0. The van der Waals surface area contributed by atoms with Gasteiger partial charge in [0.25, 0.3) is 5.91 Å². The zero-order valence-corrected chi connectivity index (χ0v) is 17.6. The van der Waals surface area contributed by atoms with E-state index in [1.165, 1.54) is 11.3 Å². The van der Waals surface area contributed by atoms with Gasteiger partial charge < -0.3 is 11.1 Å². The Morgan fingerprint density at radius 2 is 1.89 bits per heavy atom. The monoisotopic (exact) mass is 428 g/mol. The van der Waals surface area contributed by atoms with Crippen LogP contribution in [-0.2, 0) is 12.0 Å². The molecule has 1 aromatic carbocycles. The van der Waals surface area contributed by atoms with Gasteiger partial charge in [0.15, 0.2) is 5.82 Å². The van der Waals surface area contributed by atoms with Gasteiger partial charge in [-0.05, 0) is 24.3 Å². The van der Waals surface area contributed by atoms with E-state index in [1.807, 2.05) is 45.0 Å². The molecule has 0 aliphatic carbocycles. The predicted molar refractivity (Wildman–Crippen MR) is 113 cm³/mol. The lowest BCUT2D eigenvalue weighted by Gasteiger charge is -2.17. The second-order valence-corrected chi connectivity index (χ2v) is 7.48. The van der Waals surface area contributed by atoms with Crippen LogP contribution in [0.25, 0.3) is 11.4 Å². The van der Waals surface area contributed by atoms with E-state index < -0.39 is 0 Å². The third-order valence-corrected chi connectivity index (χ3v) is 4.44. The number of rotatable bonds is 4. The van der Waals surface area contributed by atoms with E-state index >= 15 is 0 Å². The summed E-state index contributed by atoms with van der Waals surface area (Å²) in [6.45, 7) is 6.44. The predicted octanol–water partition coefficient (Wildman–Crippen LogP) is 3.78.